The molecule has 7 heteroatoms. The van der Waals surface area contributed by atoms with E-state index >= 15 is 0 Å². The third kappa shape index (κ3) is 3.28. The van der Waals surface area contributed by atoms with Gasteiger partial charge in [-0.3, -0.25) is 4.79 Å². The van der Waals surface area contributed by atoms with Crippen LogP contribution >= 0.6 is 0 Å². The van der Waals surface area contributed by atoms with Crippen molar-refractivity contribution in [1.29, 1.82) is 0 Å². The highest BCUT2D eigenvalue weighted by Crippen LogP contribution is 2.30. The van der Waals surface area contributed by atoms with Crippen LogP contribution in [0.15, 0.2) is 64.5 Å². The van der Waals surface area contributed by atoms with Crippen LogP contribution in [0.25, 0.3) is 10.9 Å². The first kappa shape index (κ1) is 17.2. The summed E-state index contributed by atoms with van der Waals surface area (Å²) < 4.78 is 40.6. The smallest absolute Gasteiger partial charge is 0.239 e. The molecule has 3 aromatic rings. The summed E-state index contributed by atoms with van der Waals surface area (Å²) >= 11 is 0. The van der Waals surface area contributed by atoms with E-state index in [9.17, 15) is 17.6 Å². The summed E-state index contributed by atoms with van der Waals surface area (Å²) in [6.07, 6.45) is 1.46. The predicted octanol–water partition coefficient (Wildman–Crippen LogP) is 2.75. The molecule has 1 aromatic heterocycles. The lowest BCUT2D eigenvalue weighted by Crippen LogP contribution is -2.26. The van der Waals surface area contributed by atoms with Gasteiger partial charge in [0.05, 0.1) is 9.79 Å². The zero-order valence-electron chi connectivity index (χ0n) is 13.6. The topological polar surface area (TPSA) is 68.2 Å². The molecule has 0 radical (unpaired) electrons. The average Bonchev–Trinajstić information content (AvgIpc) is 2.95. The van der Waals surface area contributed by atoms with Crippen molar-refractivity contribution in [2.75, 3.05) is 6.54 Å². The predicted molar refractivity (Wildman–Crippen MR) is 92.5 cm³/mol. The number of fused-ring (bicyclic) bond motifs is 1. The number of hydrogen-bond acceptors (Lipinski definition) is 3. The molecule has 0 atom stereocenters. The maximum absolute atomic E-state index is 13.1. The van der Waals surface area contributed by atoms with Gasteiger partial charge < -0.3 is 9.88 Å². The van der Waals surface area contributed by atoms with Gasteiger partial charge in [-0.25, -0.2) is 12.8 Å². The number of amides is 1. The van der Waals surface area contributed by atoms with Crippen molar-refractivity contribution in [3.8, 4) is 0 Å². The van der Waals surface area contributed by atoms with Crippen LogP contribution < -0.4 is 5.32 Å². The third-order valence-electron chi connectivity index (χ3n) is 3.85. The molecule has 25 heavy (non-hydrogen) atoms. The van der Waals surface area contributed by atoms with E-state index in [1.54, 1.807) is 28.8 Å². The molecule has 0 aliphatic heterocycles. The minimum absolute atomic E-state index is 0.00909. The van der Waals surface area contributed by atoms with Crippen molar-refractivity contribution in [2.45, 2.75) is 23.3 Å². The molecule has 1 amide bonds. The number of likely N-dealkylation sites (N-methyl/N-ethyl adjacent to an activating group) is 1. The lowest BCUT2D eigenvalue weighted by Gasteiger charge is -2.05. The van der Waals surface area contributed by atoms with Crippen molar-refractivity contribution in [3.05, 3.63) is 60.5 Å². The monoisotopic (exact) mass is 360 g/mol. The molecule has 0 bridgehead atoms. The van der Waals surface area contributed by atoms with Gasteiger partial charge in [0.25, 0.3) is 0 Å². The lowest BCUT2D eigenvalue weighted by molar-refractivity contribution is -0.121. The maximum Gasteiger partial charge on any atom is 0.239 e. The molecule has 1 N–H and O–H groups in total. The summed E-state index contributed by atoms with van der Waals surface area (Å²) in [6.45, 7) is 2.34. The number of halogens is 1. The molecule has 5 nitrogen and oxygen atoms in total. The van der Waals surface area contributed by atoms with Gasteiger partial charge in [-0.15, -0.1) is 0 Å². The van der Waals surface area contributed by atoms with E-state index in [0.29, 0.717) is 17.4 Å². The molecule has 0 saturated heterocycles. The first-order valence-electron chi connectivity index (χ1n) is 7.78. The minimum atomic E-state index is -3.83. The maximum atomic E-state index is 13.1. The minimum Gasteiger partial charge on any atom is -0.355 e. The molecule has 0 unspecified atom stereocenters. The van der Waals surface area contributed by atoms with Gasteiger partial charge in [-0.2, -0.15) is 0 Å². The van der Waals surface area contributed by atoms with Gasteiger partial charge in [0.1, 0.15) is 12.4 Å². The Kier molecular flexibility index (Phi) is 4.59. The van der Waals surface area contributed by atoms with Crippen molar-refractivity contribution >= 4 is 26.6 Å². The Hall–Kier alpha value is -2.67. The van der Waals surface area contributed by atoms with Crippen molar-refractivity contribution in [1.82, 2.24) is 9.88 Å². The van der Waals surface area contributed by atoms with Gasteiger partial charge >= 0.3 is 0 Å². The van der Waals surface area contributed by atoms with Gasteiger partial charge in [-0.05, 0) is 37.3 Å². The molecule has 0 aliphatic rings. The second-order valence-electron chi connectivity index (χ2n) is 5.55. The van der Waals surface area contributed by atoms with E-state index in [1.165, 1.54) is 18.3 Å². The summed E-state index contributed by atoms with van der Waals surface area (Å²) in [4.78, 5) is 12.0. The second-order valence-corrected chi connectivity index (χ2v) is 7.47. The van der Waals surface area contributed by atoms with E-state index in [-0.39, 0.29) is 22.2 Å². The SMILES string of the molecule is CCNC(=O)Cn1cc(S(=O)(=O)c2ccc(F)cc2)c2ccccc21. The Morgan fingerprint density at radius 3 is 2.48 bits per heavy atom. The number of carbonyl (C=O) groups is 1. The number of carbonyl (C=O) groups excluding carboxylic acids is 1. The number of sulfone groups is 1. The van der Waals surface area contributed by atoms with Crippen LogP contribution in [0.2, 0.25) is 0 Å². The largest absolute Gasteiger partial charge is 0.355 e. The van der Waals surface area contributed by atoms with E-state index in [4.69, 9.17) is 0 Å². The number of nitrogens with one attached hydrogen (secondary N) is 1. The van der Waals surface area contributed by atoms with Crippen LogP contribution in [-0.2, 0) is 21.2 Å². The number of benzene rings is 2. The molecule has 3 rings (SSSR count). The van der Waals surface area contributed by atoms with Gasteiger partial charge in [0.15, 0.2) is 0 Å². The Balaban J connectivity index is 2.13. The van der Waals surface area contributed by atoms with E-state index in [2.05, 4.69) is 5.32 Å². The molecule has 0 spiro atoms. The van der Waals surface area contributed by atoms with Crippen molar-refractivity contribution < 1.29 is 17.6 Å². The molecular formula is C18H17FN2O3S. The van der Waals surface area contributed by atoms with Crippen LogP contribution in [0.5, 0.6) is 0 Å². The Morgan fingerprint density at radius 2 is 1.80 bits per heavy atom. The summed E-state index contributed by atoms with van der Waals surface area (Å²) in [5.74, 6) is -0.702. The Morgan fingerprint density at radius 1 is 1.12 bits per heavy atom. The molecule has 0 aliphatic carbocycles. The molecule has 1 heterocycles. The number of hydrogen-bond donors (Lipinski definition) is 1. The van der Waals surface area contributed by atoms with Crippen LogP contribution in [0, 0.1) is 5.82 Å². The van der Waals surface area contributed by atoms with Gasteiger partial charge in [-0.1, -0.05) is 18.2 Å². The van der Waals surface area contributed by atoms with Crippen LogP contribution in [0.3, 0.4) is 0 Å². The normalized spacial score (nSPS) is 11.6. The van der Waals surface area contributed by atoms with Crippen LogP contribution in [0.1, 0.15) is 6.92 Å². The molecular weight excluding hydrogens is 343 g/mol. The van der Waals surface area contributed by atoms with Gasteiger partial charge in [0, 0.05) is 23.6 Å². The fourth-order valence-corrected chi connectivity index (χ4v) is 4.18. The van der Waals surface area contributed by atoms with E-state index < -0.39 is 15.7 Å². The number of rotatable bonds is 5. The van der Waals surface area contributed by atoms with E-state index in [1.807, 2.05) is 6.92 Å². The number of aromatic nitrogens is 1. The standard InChI is InChI=1S/C18H17FN2O3S/c1-2-20-18(22)12-21-11-17(15-5-3-4-6-16(15)21)25(23,24)14-9-7-13(19)8-10-14/h3-11H,2,12H2,1H3,(H,20,22). The number of para-hydroxylation sites is 1. The van der Waals surface area contributed by atoms with Crippen LogP contribution in [0.4, 0.5) is 4.39 Å². The Bertz CT molecular complexity index is 1020. The zero-order valence-corrected chi connectivity index (χ0v) is 14.4. The summed E-state index contributed by atoms with van der Waals surface area (Å²) in [6, 6.07) is 11.7. The highest BCUT2D eigenvalue weighted by atomic mass is 32.2. The molecule has 130 valence electrons. The summed E-state index contributed by atoms with van der Waals surface area (Å²) in [5, 5.41) is 3.22. The number of nitrogens with zero attached hydrogens (tertiary/aromatic N) is 1. The Labute approximate surface area is 145 Å². The zero-order chi connectivity index (χ0) is 18.0. The summed E-state index contributed by atoms with van der Waals surface area (Å²) in [5.41, 5.74) is 0.648. The lowest BCUT2D eigenvalue weighted by atomic mass is 10.2. The fourth-order valence-electron chi connectivity index (χ4n) is 2.71. The second kappa shape index (κ2) is 6.68. The highest BCUT2D eigenvalue weighted by molar-refractivity contribution is 7.91. The first-order valence-corrected chi connectivity index (χ1v) is 9.27. The van der Waals surface area contributed by atoms with Gasteiger partial charge in [0.2, 0.25) is 15.7 Å². The highest BCUT2D eigenvalue weighted by Gasteiger charge is 2.23. The van der Waals surface area contributed by atoms with Crippen molar-refractivity contribution in [3.63, 3.8) is 0 Å². The molecule has 2 aromatic carbocycles. The van der Waals surface area contributed by atoms with E-state index in [0.717, 1.165) is 12.1 Å². The third-order valence-corrected chi connectivity index (χ3v) is 5.65. The average molecular weight is 360 g/mol. The van der Waals surface area contributed by atoms with Crippen LogP contribution in [-0.4, -0.2) is 25.4 Å². The molecule has 0 saturated carbocycles. The molecule has 0 fully saturated rings. The van der Waals surface area contributed by atoms with Crippen molar-refractivity contribution in [2.24, 2.45) is 0 Å². The first-order chi connectivity index (χ1) is 11.9. The fraction of sp³-hybridized carbons (Fsp3) is 0.167. The quantitative estimate of drug-likeness (QED) is 0.712. The summed E-state index contributed by atoms with van der Waals surface area (Å²) in [7, 11) is -3.83.